The first kappa shape index (κ1) is 14.9. The molecule has 1 unspecified atom stereocenters. The Morgan fingerprint density at radius 3 is 2.70 bits per heavy atom. The van der Waals surface area contributed by atoms with E-state index < -0.39 is 0 Å². The maximum atomic E-state index is 13.9. The van der Waals surface area contributed by atoms with Gasteiger partial charge in [0.15, 0.2) is 11.6 Å². The number of methoxy groups -OCH3 is 1. The Hall–Kier alpha value is -1.46. The van der Waals surface area contributed by atoms with Crippen LogP contribution in [0.15, 0.2) is 41.1 Å². The number of pyridine rings is 1. The number of ether oxygens (including phenoxy) is 1. The van der Waals surface area contributed by atoms with E-state index >= 15 is 0 Å². The molecule has 2 aromatic rings. The van der Waals surface area contributed by atoms with Crippen LogP contribution in [0.1, 0.15) is 24.1 Å². The maximum absolute atomic E-state index is 13.9. The molecular weight excluding hydrogens is 323 g/mol. The minimum Gasteiger partial charge on any atom is -0.494 e. The third-order valence-corrected chi connectivity index (χ3v) is 3.41. The highest BCUT2D eigenvalue weighted by Crippen LogP contribution is 2.27. The van der Waals surface area contributed by atoms with Gasteiger partial charge in [0.05, 0.1) is 13.2 Å². The number of aromatic nitrogens is 1. The number of nitrogens with zero attached hydrogens (tertiary/aromatic N) is 1. The molecule has 106 valence electrons. The lowest BCUT2D eigenvalue weighted by Gasteiger charge is -2.19. The van der Waals surface area contributed by atoms with Crippen molar-refractivity contribution in [2.45, 2.75) is 13.0 Å². The van der Waals surface area contributed by atoms with Crippen LogP contribution < -0.4 is 10.1 Å². The van der Waals surface area contributed by atoms with Gasteiger partial charge in [0.1, 0.15) is 0 Å². The van der Waals surface area contributed by atoms with Gasteiger partial charge in [0, 0.05) is 16.9 Å². The molecule has 1 aromatic carbocycles. The molecule has 0 saturated heterocycles. The number of hydrogen-bond acceptors (Lipinski definition) is 3. The normalized spacial score (nSPS) is 12.2. The third kappa shape index (κ3) is 3.35. The van der Waals surface area contributed by atoms with Gasteiger partial charge < -0.3 is 10.1 Å². The van der Waals surface area contributed by atoms with Gasteiger partial charge in [-0.25, -0.2) is 4.39 Å². The molecule has 3 nitrogen and oxygen atoms in total. The molecule has 1 atom stereocenters. The molecule has 1 aromatic heterocycles. The first-order valence-electron chi connectivity index (χ1n) is 6.33. The summed E-state index contributed by atoms with van der Waals surface area (Å²) < 4.78 is 19.7. The predicted octanol–water partition coefficient (Wildman–Crippen LogP) is 3.69. The highest BCUT2D eigenvalue weighted by atomic mass is 79.9. The minimum absolute atomic E-state index is 0.106. The van der Waals surface area contributed by atoms with E-state index in [2.05, 4.69) is 26.2 Å². The largest absolute Gasteiger partial charge is 0.494 e. The average Bonchev–Trinajstić information content (AvgIpc) is 2.44. The molecule has 0 bridgehead atoms. The van der Waals surface area contributed by atoms with E-state index in [1.807, 2.05) is 19.1 Å². The lowest BCUT2D eigenvalue weighted by atomic mass is 10.00. The topological polar surface area (TPSA) is 34.2 Å². The van der Waals surface area contributed by atoms with E-state index in [4.69, 9.17) is 4.74 Å². The zero-order valence-electron chi connectivity index (χ0n) is 11.4. The second-order valence-corrected chi connectivity index (χ2v) is 5.24. The lowest BCUT2D eigenvalue weighted by Crippen LogP contribution is -2.22. The predicted molar refractivity (Wildman–Crippen MR) is 80.4 cm³/mol. The number of hydrogen-bond donors (Lipinski definition) is 1. The first-order valence-corrected chi connectivity index (χ1v) is 7.12. The Kier molecular flexibility index (Phi) is 5.09. The second-order valence-electron chi connectivity index (χ2n) is 4.32. The second kappa shape index (κ2) is 6.81. The van der Waals surface area contributed by atoms with Crippen molar-refractivity contribution >= 4 is 15.9 Å². The van der Waals surface area contributed by atoms with Crippen LogP contribution in [0.4, 0.5) is 4.39 Å². The van der Waals surface area contributed by atoms with Gasteiger partial charge >= 0.3 is 0 Å². The van der Waals surface area contributed by atoms with Crippen molar-refractivity contribution < 1.29 is 9.13 Å². The summed E-state index contributed by atoms with van der Waals surface area (Å²) >= 11 is 3.41. The SMILES string of the molecule is CCNC(c1cncc(Br)c1)c1ccc(OC)c(F)c1. The highest BCUT2D eigenvalue weighted by molar-refractivity contribution is 9.10. The van der Waals surface area contributed by atoms with Gasteiger partial charge in [0.2, 0.25) is 0 Å². The molecule has 0 aliphatic rings. The highest BCUT2D eigenvalue weighted by Gasteiger charge is 2.15. The molecule has 0 aliphatic carbocycles. The Labute approximate surface area is 126 Å². The summed E-state index contributed by atoms with van der Waals surface area (Å²) in [5.74, 6) is -0.118. The van der Waals surface area contributed by atoms with Gasteiger partial charge in [-0.05, 0) is 51.8 Å². The summed E-state index contributed by atoms with van der Waals surface area (Å²) in [4.78, 5) is 4.16. The van der Waals surface area contributed by atoms with Crippen molar-refractivity contribution in [3.63, 3.8) is 0 Å². The molecule has 0 spiro atoms. The maximum Gasteiger partial charge on any atom is 0.165 e. The van der Waals surface area contributed by atoms with E-state index in [1.54, 1.807) is 18.5 Å². The summed E-state index contributed by atoms with van der Waals surface area (Å²) in [6, 6.07) is 6.86. The zero-order valence-corrected chi connectivity index (χ0v) is 12.9. The molecule has 0 saturated carbocycles. The Balaban J connectivity index is 2.40. The van der Waals surface area contributed by atoms with Crippen LogP contribution in [0.25, 0.3) is 0 Å². The van der Waals surface area contributed by atoms with Gasteiger partial charge in [-0.2, -0.15) is 0 Å². The van der Waals surface area contributed by atoms with Crippen LogP contribution >= 0.6 is 15.9 Å². The Bertz CT molecular complexity index is 592. The Morgan fingerprint density at radius 2 is 2.10 bits per heavy atom. The van der Waals surface area contributed by atoms with Crippen LogP contribution in [-0.2, 0) is 0 Å². The lowest BCUT2D eigenvalue weighted by molar-refractivity contribution is 0.385. The van der Waals surface area contributed by atoms with Gasteiger partial charge in [-0.15, -0.1) is 0 Å². The minimum atomic E-state index is -0.365. The van der Waals surface area contributed by atoms with Gasteiger partial charge in [-0.1, -0.05) is 13.0 Å². The summed E-state index contributed by atoms with van der Waals surface area (Å²) in [7, 11) is 1.46. The molecule has 2 rings (SSSR count). The summed E-state index contributed by atoms with van der Waals surface area (Å²) in [5, 5.41) is 3.34. The molecular formula is C15H16BrFN2O. The zero-order chi connectivity index (χ0) is 14.5. The van der Waals surface area contributed by atoms with Crippen LogP contribution in [0.3, 0.4) is 0 Å². The summed E-state index contributed by atoms with van der Waals surface area (Å²) in [5.41, 5.74) is 1.82. The third-order valence-electron chi connectivity index (χ3n) is 2.98. The van der Waals surface area contributed by atoms with E-state index in [0.717, 1.165) is 22.1 Å². The van der Waals surface area contributed by atoms with Crippen LogP contribution in [0.5, 0.6) is 5.75 Å². The monoisotopic (exact) mass is 338 g/mol. The Morgan fingerprint density at radius 1 is 1.30 bits per heavy atom. The van der Waals surface area contributed by atoms with Crippen LogP contribution in [0.2, 0.25) is 0 Å². The van der Waals surface area contributed by atoms with Crippen molar-refractivity contribution in [3.8, 4) is 5.75 Å². The standard InChI is InChI=1S/C15H16BrFN2O/c1-3-19-15(11-6-12(16)9-18-8-11)10-4-5-14(20-2)13(17)7-10/h4-9,15,19H,3H2,1-2H3. The summed E-state index contributed by atoms with van der Waals surface area (Å²) in [6.07, 6.45) is 3.50. The van der Waals surface area contributed by atoms with E-state index in [9.17, 15) is 4.39 Å². The van der Waals surface area contributed by atoms with Gasteiger partial charge in [-0.3, -0.25) is 4.98 Å². The number of benzene rings is 1. The molecule has 0 radical (unpaired) electrons. The molecule has 1 heterocycles. The van der Waals surface area contributed by atoms with E-state index in [0.29, 0.717) is 0 Å². The van der Waals surface area contributed by atoms with Crippen molar-refractivity contribution in [2.24, 2.45) is 0 Å². The van der Waals surface area contributed by atoms with Crippen molar-refractivity contribution in [1.29, 1.82) is 0 Å². The average molecular weight is 339 g/mol. The molecule has 20 heavy (non-hydrogen) atoms. The summed E-state index contributed by atoms with van der Waals surface area (Å²) in [6.45, 7) is 2.78. The fourth-order valence-corrected chi connectivity index (χ4v) is 2.46. The quantitative estimate of drug-likeness (QED) is 0.902. The molecule has 1 N–H and O–H groups in total. The smallest absolute Gasteiger partial charge is 0.165 e. The molecule has 5 heteroatoms. The molecule has 0 amide bonds. The molecule has 0 fully saturated rings. The van der Waals surface area contributed by atoms with E-state index in [-0.39, 0.29) is 17.6 Å². The fraction of sp³-hybridized carbons (Fsp3) is 0.267. The van der Waals surface area contributed by atoms with Crippen molar-refractivity contribution in [3.05, 3.63) is 58.1 Å². The number of halogens is 2. The van der Waals surface area contributed by atoms with Crippen molar-refractivity contribution in [2.75, 3.05) is 13.7 Å². The number of rotatable bonds is 5. The van der Waals surface area contributed by atoms with E-state index in [1.165, 1.54) is 13.2 Å². The van der Waals surface area contributed by atoms with Crippen LogP contribution in [-0.4, -0.2) is 18.6 Å². The number of nitrogens with one attached hydrogen (secondary N) is 1. The fourth-order valence-electron chi connectivity index (χ4n) is 2.08. The first-order chi connectivity index (χ1) is 9.65. The van der Waals surface area contributed by atoms with Crippen molar-refractivity contribution in [1.82, 2.24) is 10.3 Å². The van der Waals surface area contributed by atoms with Crippen LogP contribution in [0, 0.1) is 5.82 Å². The van der Waals surface area contributed by atoms with Gasteiger partial charge in [0.25, 0.3) is 0 Å². The molecule has 0 aliphatic heterocycles.